The van der Waals surface area contributed by atoms with Crippen molar-refractivity contribution in [2.75, 3.05) is 19.4 Å². The van der Waals surface area contributed by atoms with Crippen LogP contribution in [0.4, 0.5) is 5.82 Å². The SMILES string of the molecule is CNC(=O)[C@@]12C[C@@H]1[C@@H](n1cnc3c(NC)nc(I)nc31)C(O)C2O. The third-order valence-corrected chi connectivity index (χ3v) is 5.76. The van der Waals surface area contributed by atoms with E-state index in [1.807, 2.05) is 22.6 Å². The van der Waals surface area contributed by atoms with Crippen LogP contribution in [-0.4, -0.2) is 61.9 Å². The molecule has 0 aromatic carbocycles. The minimum Gasteiger partial charge on any atom is -0.389 e. The highest BCUT2D eigenvalue weighted by molar-refractivity contribution is 14.1. The van der Waals surface area contributed by atoms with Crippen molar-refractivity contribution in [2.45, 2.75) is 24.7 Å². The summed E-state index contributed by atoms with van der Waals surface area (Å²) in [6, 6.07) is -0.447. The molecule has 24 heavy (non-hydrogen) atoms. The molecule has 0 bridgehead atoms. The lowest BCUT2D eigenvalue weighted by molar-refractivity contribution is -0.132. The fraction of sp³-hybridized carbons (Fsp3) is 0.571. The minimum absolute atomic E-state index is 0.148. The first-order valence-electron chi connectivity index (χ1n) is 7.61. The maximum atomic E-state index is 12.2. The number of halogens is 1. The number of nitrogens with one attached hydrogen (secondary N) is 2. The Bertz CT molecular complexity index is 841. The molecule has 2 fully saturated rings. The van der Waals surface area contributed by atoms with E-state index in [2.05, 4.69) is 25.6 Å². The molecule has 1 amide bonds. The molecule has 9 nitrogen and oxygen atoms in total. The number of imidazole rings is 1. The van der Waals surface area contributed by atoms with Crippen molar-refractivity contribution >= 4 is 45.5 Å². The monoisotopic (exact) mass is 444 g/mol. The number of anilines is 1. The molecule has 5 atom stereocenters. The number of carbonyl (C=O) groups is 1. The first-order chi connectivity index (χ1) is 11.5. The maximum absolute atomic E-state index is 12.2. The van der Waals surface area contributed by atoms with E-state index in [0.29, 0.717) is 27.2 Å². The second-order valence-corrected chi connectivity index (χ2v) is 7.24. The summed E-state index contributed by atoms with van der Waals surface area (Å²) in [6.07, 6.45) is -0.0236. The van der Waals surface area contributed by atoms with Crippen LogP contribution >= 0.6 is 22.6 Å². The van der Waals surface area contributed by atoms with E-state index in [9.17, 15) is 15.0 Å². The summed E-state index contributed by atoms with van der Waals surface area (Å²) >= 11 is 2.02. The van der Waals surface area contributed by atoms with Crippen molar-refractivity contribution < 1.29 is 15.0 Å². The maximum Gasteiger partial charge on any atom is 0.229 e. The fourth-order valence-electron chi connectivity index (χ4n) is 4.07. The second kappa shape index (κ2) is 5.23. The van der Waals surface area contributed by atoms with Gasteiger partial charge in [-0.3, -0.25) is 4.79 Å². The molecule has 10 heteroatoms. The number of fused-ring (bicyclic) bond motifs is 2. The lowest BCUT2D eigenvalue weighted by Gasteiger charge is -2.23. The van der Waals surface area contributed by atoms with Gasteiger partial charge in [0, 0.05) is 42.6 Å². The van der Waals surface area contributed by atoms with Crippen molar-refractivity contribution in [3.63, 3.8) is 0 Å². The molecule has 2 unspecified atom stereocenters. The zero-order valence-electron chi connectivity index (χ0n) is 13.1. The van der Waals surface area contributed by atoms with Crippen molar-refractivity contribution in [3.05, 3.63) is 10.2 Å². The van der Waals surface area contributed by atoms with E-state index >= 15 is 0 Å². The Labute approximate surface area is 151 Å². The summed E-state index contributed by atoms with van der Waals surface area (Å²) in [7, 11) is 3.29. The molecule has 2 saturated carbocycles. The molecule has 2 aromatic heterocycles. The van der Waals surface area contributed by atoms with Gasteiger partial charge in [0.05, 0.1) is 23.9 Å². The van der Waals surface area contributed by atoms with Gasteiger partial charge in [0.25, 0.3) is 0 Å². The Morgan fingerprint density at radius 2 is 2.17 bits per heavy atom. The molecule has 2 aliphatic carbocycles. The second-order valence-electron chi connectivity index (χ2n) is 6.27. The van der Waals surface area contributed by atoms with Gasteiger partial charge in [0.2, 0.25) is 5.91 Å². The third-order valence-electron chi connectivity index (χ3n) is 5.27. The average Bonchev–Trinajstić information content (AvgIpc) is 3.12. The highest BCUT2D eigenvalue weighted by Crippen LogP contribution is 2.67. The summed E-state index contributed by atoms with van der Waals surface area (Å²) in [5.74, 6) is 0.223. The van der Waals surface area contributed by atoms with Gasteiger partial charge in [-0.05, 0) is 6.42 Å². The predicted molar refractivity (Wildman–Crippen MR) is 93.2 cm³/mol. The number of hydrogen-bond donors (Lipinski definition) is 4. The number of carbonyl (C=O) groups excluding carboxylic acids is 1. The molecule has 2 aromatic rings. The van der Waals surface area contributed by atoms with Gasteiger partial charge in [0.15, 0.2) is 20.8 Å². The molecule has 0 saturated heterocycles. The molecular formula is C14H17IN6O3. The lowest BCUT2D eigenvalue weighted by atomic mass is 9.98. The molecule has 0 spiro atoms. The summed E-state index contributed by atoms with van der Waals surface area (Å²) < 4.78 is 2.31. The zero-order chi connectivity index (χ0) is 17.2. The number of aliphatic hydroxyl groups excluding tert-OH is 2. The number of amides is 1. The van der Waals surface area contributed by atoms with Crippen LogP contribution in [0, 0.1) is 15.2 Å². The molecule has 2 heterocycles. The van der Waals surface area contributed by atoms with Crippen LogP contribution < -0.4 is 10.6 Å². The smallest absolute Gasteiger partial charge is 0.229 e. The van der Waals surface area contributed by atoms with Crippen molar-refractivity contribution in [3.8, 4) is 0 Å². The summed E-state index contributed by atoms with van der Waals surface area (Å²) in [5.41, 5.74) is 0.258. The highest BCUT2D eigenvalue weighted by Gasteiger charge is 2.75. The molecule has 128 valence electrons. The zero-order valence-corrected chi connectivity index (χ0v) is 15.2. The van der Waals surface area contributed by atoms with Crippen LogP contribution in [0.5, 0.6) is 0 Å². The first-order valence-corrected chi connectivity index (χ1v) is 8.69. The van der Waals surface area contributed by atoms with Crippen molar-refractivity contribution in [1.29, 1.82) is 0 Å². The molecule has 4 rings (SSSR count). The summed E-state index contributed by atoms with van der Waals surface area (Å²) in [5, 5.41) is 26.6. The molecule has 4 N–H and O–H groups in total. The molecule has 2 aliphatic rings. The molecule has 0 radical (unpaired) electrons. The predicted octanol–water partition coefficient (Wildman–Crippen LogP) is -0.499. The van der Waals surface area contributed by atoms with Gasteiger partial charge >= 0.3 is 0 Å². The first kappa shape index (κ1) is 16.0. The van der Waals surface area contributed by atoms with Gasteiger partial charge < -0.3 is 25.4 Å². The van der Waals surface area contributed by atoms with E-state index in [0.717, 1.165) is 0 Å². The standard InChI is InChI=1S/C14H17IN6O3/c1-16-10-6-11(20-13(15)19-10)21(4-18-6)7-5-3-14(5,12(24)17-2)9(23)8(7)22/h4-5,7-9,22-23H,3H2,1-2H3,(H,17,24)(H,16,19,20)/t5-,7-,8?,9?,14+/m1/s1. The quantitative estimate of drug-likeness (QED) is 0.372. The third kappa shape index (κ3) is 1.87. The number of aliphatic hydroxyl groups is 2. The minimum atomic E-state index is -1.10. The highest BCUT2D eigenvalue weighted by atomic mass is 127. The van der Waals surface area contributed by atoms with E-state index < -0.39 is 23.7 Å². The largest absolute Gasteiger partial charge is 0.389 e. The average molecular weight is 444 g/mol. The van der Waals surface area contributed by atoms with E-state index in [-0.39, 0.29) is 11.8 Å². The Morgan fingerprint density at radius 3 is 2.83 bits per heavy atom. The van der Waals surface area contributed by atoms with Crippen LogP contribution in [0.15, 0.2) is 6.33 Å². The topological polar surface area (TPSA) is 125 Å². The van der Waals surface area contributed by atoms with Crippen LogP contribution in [0.25, 0.3) is 11.2 Å². The Hall–Kier alpha value is -1.53. The van der Waals surface area contributed by atoms with E-state index in [1.165, 1.54) is 0 Å². The van der Waals surface area contributed by atoms with Gasteiger partial charge in [0.1, 0.15) is 6.10 Å². The Kier molecular flexibility index (Phi) is 3.48. The summed E-state index contributed by atoms with van der Waals surface area (Å²) in [6.45, 7) is 0. The van der Waals surface area contributed by atoms with Crippen LogP contribution in [0.3, 0.4) is 0 Å². The summed E-state index contributed by atoms with van der Waals surface area (Å²) in [4.78, 5) is 25.3. The van der Waals surface area contributed by atoms with Crippen molar-refractivity contribution in [2.24, 2.45) is 11.3 Å². The number of aromatic nitrogens is 4. The van der Waals surface area contributed by atoms with E-state index in [4.69, 9.17) is 0 Å². The Morgan fingerprint density at radius 1 is 1.42 bits per heavy atom. The number of nitrogens with zero attached hydrogens (tertiary/aromatic N) is 4. The number of rotatable bonds is 3. The Balaban J connectivity index is 1.82. The van der Waals surface area contributed by atoms with Crippen LogP contribution in [0.2, 0.25) is 0 Å². The van der Waals surface area contributed by atoms with E-state index in [1.54, 1.807) is 25.0 Å². The van der Waals surface area contributed by atoms with Gasteiger partial charge in [-0.1, -0.05) is 0 Å². The number of hydrogen-bond acceptors (Lipinski definition) is 7. The van der Waals surface area contributed by atoms with Gasteiger partial charge in [-0.2, -0.15) is 0 Å². The van der Waals surface area contributed by atoms with Crippen LogP contribution in [-0.2, 0) is 4.79 Å². The fourth-order valence-corrected chi connectivity index (χ4v) is 4.54. The van der Waals surface area contributed by atoms with Crippen molar-refractivity contribution in [1.82, 2.24) is 24.8 Å². The van der Waals surface area contributed by atoms with Gasteiger partial charge in [-0.15, -0.1) is 0 Å². The molecule has 0 aliphatic heterocycles. The normalized spacial score (nSPS) is 34.2. The molecular weight excluding hydrogens is 427 g/mol. The van der Waals surface area contributed by atoms with Gasteiger partial charge in [-0.25, -0.2) is 15.0 Å². The lowest BCUT2D eigenvalue weighted by Crippen LogP contribution is -2.41. The van der Waals surface area contributed by atoms with Crippen LogP contribution in [0.1, 0.15) is 12.5 Å².